The zero-order valence-electron chi connectivity index (χ0n) is 21.2. The van der Waals surface area contributed by atoms with Crippen LogP contribution >= 0.6 is 0 Å². The van der Waals surface area contributed by atoms with Gasteiger partial charge in [-0.05, 0) is 63.0 Å². The van der Waals surface area contributed by atoms with Crippen molar-refractivity contribution in [3.8, 4) is 11.5 Å². The largest absolute Gasteiger partial charge is 0.493 e. The van der Waals surface area contributed by atoms with Crippen LogP contribution < -0.4 is 9.47 Å². The fraction of sp³-hybridized carbons (Fsp3) is 0.500. The fourth-order valence-corrected chi connectivity index (χ4v) is 7.53. The van der Waals surface area contributed by atoms with Crippen LogP contribution in [0.4, 0.5) is 0 Å². The minimum atomic E-state index is -0.728. The number of nitrogens with zero attached hydrogens (tertiary/aromatic N) is 2. The van der Waals surface area contributed by atoms with E-state index in [1.54, 1.807) is 36.7 Å². The van der Waals surface area contributed by atoms with Gasteiger partial charge < -0.3 is 23.5 Å². The average Bonchev–Trinajstić information content (AvgIpc) is 3.50. The second-order valence-corrected chi connectivity index (χ2v) is 10.5. The number of benzene rings is 1. The van der Waals surface area contributed by atoms with Crippen molar-refractivity contribution in [2.45, 2.75) is 61.8 Å². The van der Waals surface area contributed by atoms with Gasteiger partial charge in [-0.2, -0.15) is 0 Å². The first kappa shape index (κ1) is 23.2. The lowest BCUT2D eigenvalue weighted by molar-refractivity contribution is -0.220. The first-order chi connectivity index (χ1) is 17.3. The zero-order valence-corrected chi connectivity index (χ0v) is 21.2. The number of methoxy groups -OCH3 is 1. The van der Waals surface area contributed by atoms with Crippen molar-refractivity contribution in [2.75, 3.05) is 27.7 Å². The molecule has 2 fully saturated rings. The van der Waals surface area contributed by atoms with Gasteiger partial charge in [0.25, 0.3) is 0 Å². The summed E-state index contributed by atoms with van der Waals surface area (Å²) in [6.45, 7) is 2.35. The van der Waals surface area contributed by atoms with Gasteiger partial charge in [-0.25, -0.2) is 0 Å². The van der Waals surface area contributed by atoms with Crippen molar-refractivity contribution in [2.24, 2.45) is 0 Å². The number of carbonyl (C=O) groups is 2. The number of furan rings is 1. The van der Waals surface area contributed by atoms with Gasteiger partial charge in [0, 0.05) is 31.2 Å². The Labute approximate surface area is 210 Å². The van der Waals surface area contributed by atoms with Crippen molar-refractivity contribution >= 4 is 18.0 Å². The van der Waals surface area contributed by atoms with Crippen molar-refractivity contribution in [3.05, 3.63) is 53.5 Å². The summed E-state index contributed by atoms with van der Waals surface area (Å²) in [5.74, 6) is 1.03. The summed E-state index contributed by atoms with van der Waals surface area (Å²) in [5.41, 5.74) is 1.86. The summed E-state index contributed by atoms with van der Waals surface area (Å²) < 4.78 is 24.0. The Kier molecular flexibility index (Phi) is 5.23. The minimum Gasteiger partial charge on any atom is -0.493 e. The highest BCUT2D eigenvalue weighted by atomic mass is 16.6. The van der Waals surface area contributed by atoms with Crippen LogP contribution in [0.25, 0.3) is 6.08 Å². The number of piperidine rings is 1. The molecule has 5 atom stereocenters. The first-order valence-corrected chi connectivity index (χ1v) is 12.6. The predicted molar refractivity (Wildman–Crippen MR) is 132 cm³/mol. The Morgan fingerprint density at radius 2 is 2.08 bits per heavy atom. The number of hydrogen-bond donors (Lipinski definition) is 0. The van der Waals surface area contributed by atoms with Crippen molar-refractivity contribution < 1.29 is 28.2 Å². The van der Waals surface area contributed by atoms with E-state index in [9.17, 15) is 9.59 Å². The van der Waals surface area contributed by atoms with Gasteiger partial charge >= 0.3 is 5.97 Å². The van der Waals surface area contributed by atoms with Crippen LogP contribution in [0.1, 0.15) is 42.9 Å². The third-order valence-electron chi connectivity index (χ3n) is 9.00. The fourth-order valence-electron chi connectivity index (χ4n) is 7.53. The summed E-state index contributed by atoms with van der Waals surface area (Å²) >= 11 is 0. The van der Waals surface area contributed by atoms with E-state index in [-0.39, 0.29) is 30.1 Å². The highest BCUT2D eigenvalue weighted by Gasteiger charge is 2.75. The lowest BCUT2D eigenvalue weighted by atomic mass is 9.48. The topological polar surface area (TPSA) is 81.5 Å². The molecule has 8 nitrogen and oxygen atoms in total. The molecular weight excluding hydrogens is 460 g/mol. The van der Waals surface area contributed by atoms with Crippen molar-refractivity contribution in [3.63, 3.8) is 0 Å². The average molecular weight is 493 g/mol. The van der Waals surface area contributed by atoms with Gasteiger partial charge in [0.05, 0.1) is 37.1 Å². The van der Waals surface area contributed by atoms with E-state index in [1.165, 1.54) is 12.5 Å². The highest BCUT2D eigenvalue weighted by molar-refractivity contribution is 5.92. The standard InChI is InChI=1S/C28H32N2O6/c1-17(31)36-28-11-9-20(30(3)23(32)8-5-18-10-14-34-16-18)26-27(28)12-13-29(2)22(28)15-19-6-7-21(33-4)25(35-26)24(19)27/h5-8,10,14,16,20,22,26H,9,11-13,15H2,1-4H3/b8-5+/t20-,22+,26-,27-,28+/m0/s1. The molecule has 4 aliphatic rings. The lowest BCUT2D eigenvalue weighted by Crippen LogP contribution is -2.78. The molecule has 8 heteroatoms. The smallest absolute Gasteiger partial charge is 0.303 e. The molecule has 2 aliphatic heterocycles. The number of rotatable bonds is 5. The molecule has 2 aliphatic carbocycles. The van der Waals surface area contributed by atoms with Gasteiger partial charge in [-0.15, -0.1) is 0 Å². The van der Waals surface area contributed by atoms with Gasteiger partial charge in [0.1, 0.15) is 11.7 Å². The number of likely N-dealkylation sites (N-methyl/N-ethyl adjacent to an activating group) is 2. The van der Waals surface area contributed by atoms with Crippen molar-refractivity contribution in [1.82, 2.24) is 9.80 Å². The number of carbonyl (C=O) groups excluding carboxylic acids is 2. The molecule has 0 unspecified atom stereocenters. The van der Waals surface area contributed by atoms with Crippen molar-refractivity contribution in [1.29, 1.82) is 0 Å². The molecule has 1 saturated heterocycles. The molecule has 1 amide bonds. The maximum atomic E-state index is 13.3. The zero-order chi connectivity index (χ0) is 25.2. The lowest BCUT2D eigenvalue weighted by Gasteiger charge is -2.65. The van der Waals surface area contributed by atoms with Gasteiger partial charge in [0.2, 0.25) is 5.91 Å². The molecule has 6 rings (SSSR count). The van der Waals surface area contributed by atoms with Crippen LogP contribution in [0.5, 0.6) is 11.5 Å². The molecule has 2 aromatic rings. The number of amides is 1. The molecule has 3 heterocycles. The number of hydrogen-bond acceptors (Lipinski definition) is 7. The third kappa shape index (κ3) is 2.97. The maximum absolute atomic E-state index is 13.3. The molecule has 1 aromatic carbocycles. The normalized spacial score (nSPS) is 32.1. The SMILES string of the molecule is COc1ccc2c3c1O[C@H]1[C@@H](N(C)C(=O)/C=C/c4ccoc4)CC[C@@]4(OC(C)=O)[C@@H](C2)N(C)CC[C@]314. The Bertz CT molecular complexity index is 1240. The predicted octanol–water partition coefficient (Wildman–Crippen LogP) is 3.18. The van der Waals surface area contributed by atoms with Crippen LogP contribution in [0, 0.1) is 0 Å². The van der Waals surface area contributed by atoms with Gasteiger partial charge in [-0.1, -0.05) is 6.07 Å². The Hall–Kier alpha value is -3.26. The van der Waals surface area contributed by atoms with E-state index >= 15 is 0 Å². The molecule has 2 bridgehead atoms. The van der Waals surface area contributed by atoms with E-state index < -0.39 is 11.0 Å². The van der Waals surface area contributed by atoms with E-state index in [0.717, 1.165) is 36.3 Å². The van der Waals surface area contributed by atoms with E-state index in [0.29, 0.717) is 18.6 Å². The van der Waals surface area contributed by atoms with Crippen LogP contribution in [-0.4, -0.2) is 73.2 Å². The summed E-state index contributed by atoms with van der Waals surface area (Å²) in [4.78, 5) is 30.0. The molecule has 1 aromatic heterocycles. The summed E-state index contributed by atoms with van der Waals surface area (Å²) in [6, 6.07) is 5.75. The summed E-state index contributed by atoms with van der Waals surface area (Å²) in [7, 11) is 5.60. The van der Waals surface area contributed by atoms with Crippen LogP contribution in [0.3, 0.4) is 0 Å². The molecule has 1 saturated carbocycles. The van der Waals surface area contributed by atoms with E-state index in [2.05, 4.69) is 18.0 Å². The molecule has 0 N–H and O–H groups in total. The Morgan fingerprint density at radius 1 is 1.25 bits per heavy atom. The Morgan fingerprint density at radius 3 is 2.81 bits per heavy atom. The van der Waals surface area contributed by atoms with Crippen LogP contribution in [0.15, 0.2) is 41.2 Å². The van der Waals surface area contributed by atoms with Crippen LogP contribution in [-0.2, 0) is 26.2 Å². The molecule has 190 valence electrons. The monoisotopic (exact) mass is 492 g/mol. The molecule has 36 heavy (non-hydrogen) atoms. The molecular formula is C28H32N2O6. The van der Waals surface area contributed by atoms with Gasteiger partial charge in [0.15, 0.2) is 11.5 Å². The first-order valence-electron chi connectivity index (χ1n) is 12.6. The van der Waals surface area contributed by atoms with Gasteiger partial charge in [-0.3, -0.25) is 14.5 Å². The van der Waals surface area contributed by atoms with Crippen LogP contribution in [0.2, 0.25) is 0 Å². The van der Waals surface area contributed by atoms with E-state index in [4.69, 9.17) is 18.6 Å². The summed E-state index contributed by atoms with van der Waals surface area (Å²) in [6.07, 6.45) is 9.02. The summed E-state index contributed by atoms with van der Waals surface area (Å²) in [5, 5.41) is 0. The highest BCUT2D eigenvalue weighted by Crippen LogP contribution is 2.67. The molecule has 1 spiro atoms. The third-order valence-corrected chi connectivity index (χ3v) is 9.00. The second kappa shape index (κ2) is 8.13. The quantitative estimate of drug-likeness (QED) is 0.468. The maximum Gasteiger partial charge on any atom is 0.303 e. The minimum absolute atomic E-state index is 0.0380. The molecule has 0 radical (unpaired) electrons. The second-order valence-electron chi connectivity index (χ2n) is 10.5. The number of esters is 1. The number of ether oxygens (including phenoxy) is 3. The van der Waals surface area contributed by atoms with E-state index in [1.807, 2.05) is 19.2 Å². The number of likely N-dealkylation sites (tertiary alicyclic amines) is 1. The Balaban J connectivity index is 1.47.